The second-order valence-electron chi connectivity index (χ2n) is 5.10. The van der Waals surface area contributed by atoms with Crippen LogP contribution in [0.1, 0.15) is 32.7 Å². The molecule has 0 amide bonds. The zero-order valence-corrected chi connectivity index (χ0v) is 14.5. The van der Waals surface area contributed by atoms with Crippen LogP contribution in [0, 0.1) is 9.49 Å². The Morgan fingerprint density at radius 3 is 2.52 bits per heavy atom. The van der Waals surface area contributed by atoms with Crippen LogP contribution < -0.4 is 5.56 Å². The standard InChI is InChI=1S/C16H19IN2O2/c1-4-21-14(10(2)3)15-18-13(12(17)16(20)19-15)11-8-6-5-7-9-11/h5-10,14H,4H2,1-3H3,(H,18,19,20). The highest BCUT2D eigenvalue weighted by Gasteiger charge is 2.21. The van der Waals surface area contributed by atoms with E-state index in [4.69, 9.17) is 4.74 Å². The van der Waals surface area contributed by atoms with Gasteiger partial charge in [-0.15, -0.1) is 0 Å². The number of hydrogen-bond acceptors (Lipinski definition) is 3. The summed E-state index contributed by atoms with van der Waals surface area (Å²) in [5, 5.41) is 0. The SMILES string of the molecule is CCOC(c1nc(-c2ccccc2)c(I)c(=O)[nH]1)C(C)C. The Bertz CT molecular complexity index is 653. The van der Waals surface area contributed by atoms with Crippen LogP contribution in [0.25, 0.3) is 11.3 Å². The van der Waals surface area contributed by atoms with Gasteiger partial charge in [0, 0.05) is 12.2 Å². The number of nitrogens with zero attached hydrogens (tertiary/aromatic N) is 1. The van der Waals surface area contributed by atoms with Crippen LogP contribution in [0.15, 0.2) is 35.1 Å². The number of halogens is 1. The van der Waals surface area contributed by atoms with Crippen LogP contribution in [-0.2, 0) is 4.74 Å². The molecule has 0 saturated carbocycles. The molecule has 112 valence electrons. The Balaban J connectivity index is 2.55. The van der Waals surface area contributed by atoms with Gasteiger partial charge < -0.3 is 9.72 Å². The average molecular weight is 398 g/mol. The smallest absolute Gasteiger partial charge is 0.265 e. The Kier molecular flexibility index (Phi) is 5.52. The first kappa shape index (κ1) is 16.2. The molecule has 0 spiro atoms. The summed E-state index contributed by atoms with van der Waals surface area (Å²) in [6.07, 6.45) is -0.206. The molecule has 2 rings (SSSR count). The van der Waals surface area contributed by atoms with Crippen LogP contribution in [0.4, 0.5) is 0 Å². The maximum Gasteiger partial charge on any atom is 0.265 e. The van der Waals surface area contributed by atoms with Crippen molar-refractivity contribution in [3.8, 4) is 11.3 Å². The quantitative estimate of drug-likeness (QED) is 0.781. The second-order valence-corrected chi connectivity index (χ2v) is 6.18. The molecule has 1 atom stereocenters. The first-order chi connectivity index (χ1) is 10.0. The lowest BCUT2D eigenvalue weighted by atomic mass is 10.1. The number of nitrogens with one attached hydrogen (secondary N) is 1. The number of hydrogen-bond donors (Lipinski definition) is 1. The van der Waals surface area contributed by atoms with Gasteiger partial charge in [0.25, 0.3) is 5.56 Å². The molecule has 5 heteroatoms. The number of ether oxygens (including phenoxy) is 1. The van der Waals surface area contributed by atoms with Gasteiger partial charge in [0.05, 0.1) is 5.69 Å². The first-order valence-electron chi connectivity index (χ1n) is 7.01. The van der Waals surface area contributed by atoms with E-state index in [9.17, 15) is 4.79 Å². The van der Waals surface area contributed by atoms with Gasteiger partial charge in [-0.3, -0.25) is 4.79 Å². The Morgan fingerprint density at radius 1 is 1.29 bits per heavy atom. The molecule has 0 fully saturated rings. The Hall–Kier alpha value is -1.21. The van der Waals surface area contributed by atoms with E-state index in [1.54, 1.807) is 0 Å². The van der Waals surface area contributed by atoms with Crippen LogP contribution >= 0.6 is 22.6 Å². The summed E-state index contributed by atoms with van der Waals surface area (Å²) in [5.41, 5.74) is 1.53. The van der Waals surface area contributed by atoms with Crippen molar-refractivity contribution in [2.75, 3.05) is 6.61 Å². The summed E-state index contributed by atoms with van der Waals surface area (Å²) >= 11 is 2.04. The molecular weight excluding hydrogens is 379 g/mol. The molecule has 0 aliphatic rings. The summed E-state index contributed by atoms with van der Waals surface area (Å²) in [7, 11) is 0. The molecule has 1 N–H and O–H groups in total. The summed E-state index contributed by atoms with van der Waals surface area (Å²) < 4.78 is 6.34. The second kappa shape index (κ2) is 7.17. The molecule has 0 radical (unpaired) electrons. The third kappa shape index (κ3) is 3.71. The lowest BCUT2D eigenvalue weighted by Crippen LogP contribution is -2.22. The highest BCUT2D eigenvalue weighted by atomic mass is 127. The summed E-state index contributed by atoms with van der Waals surface area (Å²) in [5.74, 6) is 0.827. The minimum atomic E-state index is -0.206. The van der Waals surface area contributed by atoms with Crippen molar-refractivity contribution < 1.29 is 4.74 Å². The lowest BCUT2D eigenvalue weighted by Gasteiger charge is -2.20. The molecule has 2 aromatic rings. The van der Waals surface area contributed by atoms with Crippen molar-refractivity contribution in [3.05, 3.63) is 50.1 Å². The van der Waals surface area contributed by atoms with Crippen molar-refractivity contribution in [2.24, 2.45) is 5.92 Å². The van der Waals surface area contributed by atoms with Gasteiger partial charge in [0.15, 0.2) is 0 Å². The van der Waals surface area contributed by atoms with Gasteiger partial charge in [-0.25, -0.2) is 4.98 Å². The fourth-order valence-electron chi connectivity index (χ4n) is 2.16. The van der Waals surface area contributed by atoms with Gasteiger partial charge in [-0.2, -0.15) is 0 Å². The summed E-state index contributed by atoms with van der Waals surface area (Å²) in [6, 6.07) is 9.74. The Labute approximate surface area is 138 Å². The van der Waals surface area contributed by atoms with E-state index < -0.39 is 0 Å². The summed E-state index contributed by atoms with van der Waals surface area (Å²) in [6.45, 7) is 6.64. The zero-order chi connectivity index (χ0) is 15.4. The van der Waals surface area contributed by atoms with Crippen LogP contribution in [0.2, 0.25) is 0 Å². The number of aromatic nitrogens is 2. The molecule has 0 bridgehead atoms. The van der Waals surface area contributed by atoms with E-state index in [0.717, 1.165) is 5.56 Å². The molecule has 1 heterocycles. The maximum absolute atomic E-state index is 12.2. The largest absolute Gasteiger partial charge is 0.370 e. The number of rotatable bonds is 5. The highest BCUT2D eigenvalue weighted by molar-refractivity contribution is 14.1. The predicted octanol–water partition coefficient (Wildman–Crippen LogP) is 3.78. The van der Waals surface area contributed by atoms with E-state index in [0.29, 0.717) is 21.7 Å². The average Bonchev–Trinajstić information content (AvgIpc) is 2.48. The van der Waals surface area contributed by atoms with Crippen molar-refractivity contribution in [3.63, 3.8) is 0 Å². The van der Waals surface area contributed by atoms with E-state index in [2.05, 4.69) is 23.8 Å². The lowest BCUT2D eigenvalue weighted by molar-refractivity contribution is 0.0231. The van der Waals surface area contributed by atoms with Crippen molar-refractivity contribution >= 4 is 22.6 Å². The fraction of sp³-hybridized carbons (Fsp3) is 0.375. The molecule has 4 nitrogen and oxygen atoms in total. The van der Waals surface area contributed by atoms with Gasteiger partial charge in [0.2, 0.25) is 0 Å². The van der Waals surface area contributed by atoms with Crippen LogP contribution in [0.3, 0.4) is 0 Å². The predicted molar refractivity (Wildman–Crippen MR) is 92.2 cm³/mol. The minimum absolute atomic E-state index is 0.121. The van der Waals surface area contributed by atoms with E-state index in [1.165, 1.54) is 0 Å². The fourth-order valence-corrected chi connectivity index (χ4v) is 2.73. The monoisotopic (exact) mass is 398 g/mol. The molecule has 0 aliphatic carbocycles. The van der Waals surface area contributed by atoms with E-state index in [1.807, 2.05) is 59.8 Å². The molecule has 21 heavy (non-hydrogen) atoms. The number of benzene rings is 1. The number of H-pyrrole nitrogens is 1. The normalized spacial score (nSPS) is 12.6. The molecule has 0 aliphatic heterocycles. The third-order valence-electron chi connectivity index (χ3n) is 3.15. The van der Waals surface area contributed by atoms with Gasteiger partial charge >= 0.3 is 0 Å². The van der Waals surface area contributed by atoms with Crippen molar-refractivity contribution in [1.29, 1.82) is 0 Å². The van der Waals surface area contributed by atoms with Gasteiger partial charge in [-0.05, 0) is 35.4 Å². The van der Waals surface area contributed by atoms with Gasteiger partial charge in [-0.1, -0.05) is 44.2 Å². The van der Waals surface area contributed by atoms with Gasteiger partial charge in [0.1, 0.15) is 15.5 Å². The highest BCUT2D eigenvalue weighted by Crippen LogP contribution is 2.26. The molecule has 1 aromatic heterocycles. The first-order valence-corrected chi connectivity index (χ1v) is 8.09. The van der Waals surface area contributed by atoms with Crippen LogP contribution in [0.5, 0.6) is 0 Å². The molecule has 0 saturated heterocycles. The third-order valence-corrected chi connectivity index (χ3v) is 4.15. The maximum atomic E-state index is 12.2. The van der Waals surface area contributed by atoms with E-state index >= 15 is 0 Å². The number of aromatic amines is 1. The minimum Gasteiger partial charge on any atom is -0.370 e. The Morgan fingerprint density at radius 2 is 1.95 bits per heavy atom. The molecule has 1 unspecified atom stereocenters. The summed E-state index contributed by atoms with van der Waals surface area (Å²) in [4.78, 5) is 19.7. The van der Waals surface area contributed by atoms with Crippen molar-refractivity contribution in [2.45, 2.75) is 26.9 Å². The van der Waals surface area contributed by atoms with Crippen molar-refractivity contribution in [1.82, 2.24) is 9.97 Å². The molecule has 1 aromatic carbocycles. The van der Waals surface area contributed by atoms with E-state index in [-0.39, 0.29) is 17.6 Å². The molecular formula is C16H19IN2O2. The topological polar surface area (TPSA) is 55.0 Å². The zero-order valence-electron chi connectivity index (χ0n) is 12.4. The van der Waals surface area contributed by atoms with Crippen LogP contribution in [-0.4, -0.2) is 16.6 Å².